The summed E-state index contributed by atoms with van der Waals surface area (Å²) in [6, 6.07) is 9.30. The van der Waals surface area contributed by atoms with Crippen molar-refractivity contribution in [2.45, 2.75) is 25.6 Å². The van der Waals surface area contributed by atoms with E-state index in [1.165, 1.54) is 12.1 Å². The van der Waals surface area contributed by atoms with Crippen LogP contribution in [-0.4, -0.2) is 17.9 Å². The van der Waals surface area contributed by atoms with Crippen molar-refractivity contribution in [1.29, 1.82) is 0 Å². The molecule has 0 spiro atoms. The Kier molecular flexibility index (Phi) is 3.65. The Morgan fingerprint density at radius 1 is 1.05 bits per heavy atom. The lowest BCUT2D eigenvalue weighted by molar-refractivity contribution is -0.258. The maximum atomic E-state index is 13.0. The van der Waals surface area contributed by atoms with Crippen LogP contribution in [0.5, 0.6) is 5.75 Å². The largest absolute Gasteiger partial charge is 0.493 e. The quantitative estimate of drug-likeness (QED) is 0.922. The highest BCUT2D eigenvalue weighted by molar-refractivity contribution is 5.91. The predicted molar refractivity (Wildman–Crippen MR) is 70.7 cm³/mol. The zero-order valence-corrected chi connectivity index (χ0v) is 11.2. The Hall–Kier alpha value is -1.75. The molecule has 2 aromatic carbocycles. The monoisotopic (exact) mass is 284 g/mol. The zero-order chi connectivity index (χ0) is 15.0. The molecule has 1 unspecified atom stereocenters. The number of alkyl halides is 3. The first-order chi connectivity index (χ1) is 9.29. The van der Waals surface area contributed by atoms with E-state index >= 15 is 0 Å². The van der Waals surface area contributed by atoms with Crippen molar-refractivity contribution in [3.05, 3.63) is 42.0 Å². The molecule has 108 valence electrons. The highest BCUT2D eigenvalue weighted by atomic mass is 19.4. The van der Waals surface area contributed by atoms with E-state index in [1.54, 1.807) is 31.2 Å². The van der Waals surface area contributed by atoms with Gasteiger partial charge in [0.1, 0.15) is 5.75 Å². The fraction of sp³-hybridized carbons (Fsp3) is 0.333. The van der Waals surface area contributed by atoms with E-state index < -0.39 is 11.8 Å². The molecule has 0 saturated carbocycles. The molecule has 0 saturated heterocycles. The van der Waals surface area contributed by atoms with Crippen LogP contribution >= 0.6 is 0 Å². The average Bonchev–Trinajstić information content (AvgIpc) is 2.38. The molecule has 0 amide bonds. The highest BCUT2D eigenvalue weighted by Gasteiger charge is 2.51. The smallest absolute Gasteiger partial charge is 0.421 e. The lowest BCUT2D eigenvalue weighted by Crippen LogP contribution is -2.39. The van der Waals surface area contributed by atoms with Crippen LogP contribution in [0.3, 0.4) is 0 Å². The van der Waals surface area contributed by atoms with Gasteiger partial charge in [-0.1, -0.05) is 30.3 Å². The van der Waals surface area contributed by atoms with E-state index in [1.807, 2.05) is 0 Å². The first kappa shape index (κ1) is 14.7. The zero-order valence-electron chi connectivity index (χ0n) is 11.2. The normalized spacial score (nSPS) is 15.1. The lowest BCUT2D eigenvalue weighted by Gasteiger charge is -2.28. The molecular weight excluding hydrogens is 269 g/mol. The van der Waals surface area contributed by atoms with Gasteiger partial charge in [0, 0.05) is 10.9 Å². The molecule has 2 rings (SSSR count). The molecule has 0 aliphatic rings. The Labute approximate surface area is 114 Å². The highest BCUT2D eigenvalue weighted by Crippen LogP contribution is 2.42. The molecule has 2 nitrogen and oxygen atoms in total. The fourth-order valence-electron chi connectivity index (χ4n) is 2.13. The standard InChI is InChI=1S/C15H15F3O2/c1-3-20-13-9-8-12(14(2,19)15(16,17)18)10-6-4-5-7-11(10)13/h4-9,19H,3H2,1-2H3. The third-order valence-corrected chi connectivity index (χ3v) is 3.26. The average molecular weight is 284 g/mol. The number of hydrogen-bond acceptors (Lipinski definition) is 2. The fourth-order valence-corrected chi connectivity index (χ4v) is 2.13. The Balaban J connectivity index is 2.71. The summed E-state index contributed by atoms with van der Waals surface area (Å²) in [5.74, 6) is 0.504. The van der Waals surface area contributed by atoms with Gasteiger partial charge >= 0.3 is 6.18 Å². The van der Waals surface area contributed by atoms with Gasteiger partial charge in [-0.25, -0.2) is 0 Å². The summed E-state index contributed by atoms with van der Waals surface area (Å²) >= 11 is 0. The van der Waals surface area contributed by atoms with E-state index in [2.05, 4.69) is 0 Å². The van der Waals surface area contributed by atoms with Crippen molar-refractivity contribution >= 4 is 10.8 Å². The third kappa shape index (κ3) is 2.33. The summed E-state index contributed by atoms with van der Waals surface area (Å²) in [6.07, 6.45) is -4.75. The Bertz CT molecular complexity index is 618. The molecule has 0 bridgehead atoms. The second-order valence-electron chi connectivity index (χ2n) is 4.66. The van der Waals surface area contributed by atoms with Gasteiger partial charge in [-0.2, -0.15) is 13.2 Å². The molecule has 0 heterocycles. The van der Waals surface area contributed by atoms with Crippen molar-refractivity contribution in [3.8, 4) is 5.75 Å². The number of ether oxygens (including phenoxy) is 1. The number of hydrogen-bond donors (Lipinski definition) is 1. The predicted octanol–water partition coefficient (Wildman–Crippen LogP) is 4.01. The van der Waals surface area contributed by atoms with E-state index in [-0.39, 0.29) is 5.56 Å². The lowest BCUT2D eigenvalue weighted by atomic mass is 9.90. The van der Waals surface area contributed by atoms with Crippen LogP contribution in [0.25, 0.3) is 10.8 Å². The minimum Gasteiger partial charge on any atom is -0.493 e. The first-order valence-electron chi connectivity index (χ1n) is 6.23. The summed E-state index contributed by atoms with van der Waals surface area (Å²) < 4.78 is 44.5. The van der Waals surface area contributed by atoms with Gasteiger partial charge in [0.05, 0.1) is 6.61 Å². The van der Waals surface area contributed by atoms with Gasteiger partial charge in [-0.3, -0.25) is 0 Å². The number of rotatable bonds is 3. The topological polar surface area (TPSA) is 29.5 Å². The minimum atomic E-state index is -4.75. The number of halogens is 3. The van der Waals surface area contributed by atoms with E-state index in [9.17, 15) is 18.3 Å². The molecular formula is C15H15F3O2. The van der Waals surface area contributed by atoms with Gasteiger partial charge in [0.15, 0.2) is 5.60 Å². The van der Waals surface area contributed by atoms with Crippen molar-refractivity contribution in [2.24, 2.45) is 0 Å². The second-order valence-corrected chi connectivity index (χ2v) is 4.66. The SMILES string of the molecule is CCOc1ccc(C(C)(O)C(F)(F)F)c2ccccc12. The van der Waals surface area contributed by atoms with E-state index in [0.29, 0.717) is 23.1 Å². The van der Waals surface area contributed by atoms with Crippen molar-refractivity contribution in [3.63, 3.8) is 0 Å². The van der Waals surface area contributed by atoms with Crippen molar-refractivity contribution < 1.29 is 23.0 Å². The Morgan fingerprint density at radius 2 is 1.65 bits per heavy atom. The summed E-state index contributed by atoms with van der Waals surface area (Å²) in [6.45, 7) is 2.97. The molecule has 20 heavy (non-hydrogen) atoms. The summed E-state index contributed by atoms with van der Waals surface area (Å²) in [7, 11) is 0. The maximum Gasteiger partial charge on any atom is 0.421 e. The van der Waals surface area contributed by atoms with Crippen LogP contribution < -0.4 is 4.74 Å². The van der Waals surface area contributed by atoms with Crippen LogP contribution in [-0.2, 0) is 5.60 Å². The van der Waals surface area contributed by atoms with Gasteiger partial charge in [0.25, 0.3) is 0 Å². The van der Waals surface area contributed by atoms with Crippen LogP contribution in [0.4, 0.5) is 13.2 Å². The van der Waals surface area contributed by atoms with E-state index in [4.69, 9.17) is 4.74 Å². The molecule has 0 fully saturated rings. The first-order valence-corrected chi connectivity index (χ1v) is 6.23. The van der Waals surface area contributed by atoms with Crippen LogP contribution in [0.2, 0.25) is 0 Å². The number of fused-ring (bicyclic) bond motifs is 1. The minimum absolute atomic E-state index is 0.177. The van der Waals surface area contributed by atoms with Crippen LogP contribution in [0.1, 0.15) is 19.4 Å². The third-order valence-electron chi connectivity index (χ3n) is 3.26. The second kappa shape index (κ2) is 4.98. The van der Waals surface area contributed by atoms with E-state index in [0.717, 1.165) is 6.92 Å². The number of aliphatic hydroxyl groups is 1. The molecule has 1 atom stereocenters. The molecule has 1 N–H and O–H groups in total. The van der Waals surface area contributed by atoms with Gasteiger partial charge in [-0.05, 0) is 25.3 Å². The maximum absolute atomic E-state index is 13.0. The molecule has 0 aliphatic carbocycles. The van der Waals surface area contributed by atoms with Crippen molar-refractivity contribution in [1.82, 2.24) is 0 Å². The summed E-state index contributed by atoms with van der Waals surface area (Å²) in [5.41, 5.74) is -3.08. The van der Waals surface area contributed by atoms with Crippen LogP contribution in [0, 0.1) is 0 Å². The van der Waals surface area contributed by atoms with Crippen molar-refractivity contribution in [2.75, 3.05) is 6.61 Å². The molecule has 0 radical (unpaired) electrons. The number of benzene rings is 2. The molecule has 5 heteroatoms. The molecule has 0 aliphatic heterocycles. The summed E-state index contributed by atoms with van der Waals surface area (Å²) in [5, 5.41) is 10.8. The van der Waals surface area contributed by atoms with Gasteiger partial charge < -0.3 is 9.84 Å². The molecule has 2 aromatic rings. The molecule has 0 aromatic heterocycles. The van der Waals surface area contributed by atoms with Crippen LogP contribution in [0.15, 0.2) is 36.4 Å². The Morgan fingerprint density at radius 3 is 2.20 bits per heavy atom. The van der Waals surface area contributed by atoms with Gasteiger partial charge in [-0.15, -0.1) is 0 Å². The van der Waals surface area contributed by atoms with Gasteiger partial charge in [0.2, 0.25) is 0 Å². The summed E-state index contributed by atoms with van der Waals surface area (Å²) in [4.78, 5) is 0.